The average molecular weight is 275 g/mol. The smallest absolute Gasteiger partial charge is 0.0873 e. The number of rotatable bonds is 5. The predicted octanol–water partition coefficient (Wildman–Crippen LogP) is 4.28. The van der Waals surface area contributed by atoms with Crippen LogP contribution < -0.4 is 0 Å². The highest BCUT2D eigenvalue weighted by Gasteiger charge is 2.27. The molecule has 0 aliphatic carbocycles. The van der Waals surface area contributed by atoms with E-state index in [-0.39, 0.29) is 11.5 Å². The van der Waals surface area contributed by atoms with E-state index in [1.165, 1.54) is 37.9 Å². The molecule has 1 heterocycles. The Balaban J connectivity index is 1.88. The summed E-state index contributed by atoms with van der Waals surface area (Å²) in [5.74, 6) is 0. The molecule has 20 heavy (non-hydrogen) atoms. The number of hydrogen-bond acceptors (Lipinski definition) is 2. The number of hydrogen-bond donors (Lipinski definition) is 0. The molecule has 0 radical (unpaired) electrons. The summed E-state index contributed by atoms with van der Waals surface area (Å²) in [6.07, 6.45) is 4.27. The molecule has 0 amide bonds. The molecule has 2 nitrogen and oxygen atoms in total. The number of nitrogens with zero attached hydrogens (tertiary/aromatic N) is 1. The third-order valence-corrected chi connectivity index (χ3v) is 4.03. The molecule has 112 valence electrons. The van der Waals surface area contributed by atoms with Gasteiger partial charge in [-0.15, -0.1) is 0 Å². The molecule has 1 aromatic rings. The van der Waals surface area contributed by atoms with Crippen LogP contribution in [0.4, 0.5) is 0 Å². The van der Waals surface area contributed by atoms with Crippen molar-refractivity contribution in [3.63, 3.8) is 0 Å². The van der Waals surface area contributed by atoms with E-state index in [0.717, 1.165) is 13.2 Å². The molecule has 1 atom stereocenters. The fraction of sp³-hybridized carbons (Fsp3) is 0.667. The zero-order valence-electron chi connectivity index (χ0n) is 13.3. The molecule has 2 rings (SSSR count). The van der Waals surface area contributed by atoms with Crippen molar-refractivity contribution in [1.29, 1.82) is 0 Å². The van der Waals surface area contributed by atoms with E-state index in [1.807, 2.05) is 0 Å². The zero-order chi connectivity index (χ0) is 14.4. The Labute approximate surface area is 124 Å². The van der Waals surface area contributed by atoms with Gasteiger partial charge in [-0.3, -0.25) is 0 Å². The van der Waals surface area contributed by atoms with Gasteiger partial charge in [0.15, 0.2) is 0 Å². The van der Waals surface area contributed by atoms with Crippen LogP contribution >= 0.6 is 0 Å². The summed E-state index contributed by atoms with van der Waals surface area (Å²) < 4.78 is 6.25. The summed E-state index contributed by atoms with van der Waals surface area (Å²) in [4.78, 5) is 2.54. The largest absolute Gasteiger partial charge is 0.372 e. The first kappa shape index (κ1) is 15.5. The Kier molecular flexibility index (Phi) is 5.62. The van der Waals surface area contributed by atoms with Crippen molar-refractivity contribution in [2.75, 3.05) is 26.2 Å². The summed E-state index contributed by atoms with van der Waals surface area (Å²) in [7, 11) is 0. The molecule has 0 aromatic heterocycles. The molecule has 0 spiro atoms. The van der Waals surface area contributed by atoms with Crippen molar-refractivity contribution >= 4 is 0 Å². The van der Waals surface area contributed by atoms with Crippen molar-refractivity contribution in [1.82, 2.24) is 4.90 Å². The van der Waals surface area contributed by atoms with E-state index in [2.05, 4.69) is 56.0 Å². The molecule has 1 aliphatic rings. The summed E-state index contributed by atoms with van der Waals surface area (Å²) in [6.45, 7) is 11.2. The molecule has 1 unspecified atom stereocenters. The Morgan fingerprint density at radius 2 is 1.70 bits per heavy atom. The van der Waals surface area contributed by atoms with Gasteiger partial charge < -0.3 is 9.64 Å². The first-order valence-electron chi connectivity index (χ1n) is 7.96. The molecule has 1 saturated heterocycles. The quantitative estimate of drug-likeness (QED) is 0.795. The molecule has 1 fully saturated rings. The zero-order valence-corrected chi connectivity index (χ0v) is 13.3. The Morgan fingerprint density at radius 1 is 1.05 bits per heavy atom. The Hall–Kier alpha value is -0.860. The number of benzene rings is 1. The topological polar surface area (TPSA) is 12.5 Å². The molecular weight excluding hydrogens is 246 g/mol. The minimum atomic E-state index is 0.128. The summed E-state index contributed by atoms with van der Waals surface area (Å²) >= 11 is 0. The maximum atomic E-state index is 6.25. The lowest BCUT2D eigenvalue weighted by molar-refractivity contribution is -0.0291. The van der Waals surface area contributed by atoms with Gasteiger partial charge in [-0.25, -0.2) is 0 Å². The number of ether oxygens (including phenoxy) is 1. The van der Waals surface area contributed by atoms with Crippen molar-refractivity contribution < 1.29 is 4.74 Å². The predicted molar refractivity (Wildman–Crippen MR) is 84.9 cm³/mol. The first-order valence-corrected chi connectivity index (χ1v) is 7.96. The lowest BCUT2D eigenvalue weighted by Gasteiger charge is -2.33. The number of piperidine rings is 1. The van der Waals surface area contributed by atoms with E-state index >= 15 is 0 Å². The average Bonchev–Trinajstić information content (AvgIpc) is 2.44. The summed E-state index contributed by atoms with van der Waals surface area (Å²) in [5, 5.41) is 0. The van der Waals surface area contributed by atoms with Gasteiger partial charge >= 0.3 is 0 Å². The second-order valence-electron chi connectivity index (χ2n) is 6.93. The summed E-state index contributed by atoms with van der Waals surface area (Å²) in [6, 6.07) is 10.6. The lowest BCUT2D eigenvalue weighted by Crippen LogP contribution is -2.34. The van der Waals surface area contributed by atoms with E-state index < -0.39 is 0 Å². The molecule has 0 bridgehead atoms. The highest BCUT2D eigenvalue weighted by Crippen LogP contribution is 2.35. The first-order chi connectivity index (χ1) is 9.57. The van der Waals surface area contributed by atoms with Crippen LogP contribution in [0.5, 0.6) is 0 Å². The van der Waals surface area contributed by atoms with Crippen LogP contribution in [-0.4, -0.2) is 31.1 Å². The minimum Gasteiger partial charge on any atom is -0.372 e. The summed E-state index contributed by atoms with van der Waals surface area (Å²) in [5.41, 5.74) is 1.42. The van der Waals surface area contributed by atoms with Gasteiger partial charge in [-0.1, -0.05) is 57.5 Å². The van der Waals surface area contributed by atoms with E-state index in [9.17, 15) is 0 Å². The van der Waals surface area contributed by atoms with Crippen molar-refractivity contribution in [3.05, 3.63) is 35.9 Å². The van der Waals surface area contributed by atoms with Gasteiger partial charge in [0, 0.05) is 6.54 Å². The molecule has 0 N–H and O–H groups in total. The maximum Gasteiger partial charge on any atom is 0.0873 e. The monoisotopic (exact) mass is 275 g/mol. The van der Waals surface area contributed by atoms with E-state index in [4.69, 9.17) is 4.74 Å². The van der Waals surface area contributed by atoms with E-state index in [0.29, 0.717) is 0 Å². The van der Waals surface area contributed by atoms with Gasteiger partial charge in [0.2, 0.25) is 0 Å². The highest BCUT2D eigenvalue weighted by atomic mass is 16.5. The molecular formula is C18H29NO. The van der Waals surface area contributed by atoms with Gasteiger partial charge in [-0.2, -0.15) is 0 Å². The molecule has 1 aliphatic heterocycles. The third-order valence-electron chi connectivity index (χ3n) is 4.03. The van der Waals surface area contributed by atoms with Crippen molar-refractivity contribution in [3.8, 4) is 0 Å². The van der Waals surface area contributed by atoms with Crippen molar-refractivity contribution in [2.24, 2.45) is 5.41 Å². The van der Waals surface area contributed by atoms with Gasteiger partial charge in [0.1, 0.15) is 0 Å². The molecule has 1 aromatic carbocycles. The Morgan fingerprint density at radius 3 is 2.30 bits per heavy atom. The standard InChI is InChI=1S/C18H29NO/c1-18(2,3)17(16-10-6-4-7-11-16)20-15-14-19-12-8-5-9-13-19/h4,6-7,10-11,17H,5,8-9,12-15H2,1-3H3. The van der Waals surface area contributed by atoms with Gasteiger partial charge in [-0.05, 0) is 36.9 Å². The van der Waals surface area contributed by atoms with Crippen molar-refractivity contribution in [2.45, 2.75) is 46.1 Å². The highest BCUT2D eigenvalue weighted by molar-refractivity contribution is 5.19. The van der Waals surface area contributed by atoms with Crippen LogP contribution in [0.15, 0.2) is 30.3 Å². The number of likely N-dealkylation sites (tertiary alicyclic amines) is 1. The van der Waals surface area contributed by atoms with Gasteiger partial charge in [0.05, 0.1) is 12.7 Å². The van der Waals surface area contributed by atoms with Crippen LogP contribution in [0.1, 0.15) is 51.7 Å². The van der Waals surface area contributed by atoms with Crippen LogP contribution in [0.3, 0.4) is 0 Å². The molecule has 0 saturated carbocycles. The normalized spacial score (nSPS) is 18.9. The van der Waals surface area contributed by atoms with E-state index in [1.54, 1.807) is 0 Å². The lowest BCUT2D eigenvalue weighted by atomic mass is 9.84. The van der Waals surface area contributed by atoms with Crippen LogP contribution in [-0.2, 0) is 4.74 Å². The van der Waals surface area contributed by atoms with Gasteiger partial charge in [0.25, 0.3) is 0 Å². The Bertz CT molecular complexity index is 376. The van der Waals surface area contributed by atoms with Crippen LogP contribution in [0, 0.1) is 5.41 Å². The maximum absolute atomic E-state index is 6.25. The fourth-order valence-electron chi connectivity index (χ4n) is 2.96. The van der Waals surface area contributed by atoms with Crippen LogP contribution in [0.2, 0.25) is 0 Å². The minimum absolute atomic E-state index is 0.128. The second-order valence-corrected chi connectivity index (χ2v) is 6.93. The second kappa shape index (κ2) is 7.24. The molecule has 2 heteroatoms. The van der Waals surface area contributed by atoms with Crippen LogP contribution in [0.25, 0.3) is 0 Å². The SMILES string of the molecule is CC(C)(C)C(OCCN1CCCCC1)c1ccccc1. The third kappa shape index (κ3) is 4.60. The fourth-order valence-corrected chi connectivity index (χ4v) is 2.96.